The van der Waals surface area contributed by atoms with E-state index in [2.05, 4.69) is 5.10 Å². The number of benzene rings is 1. The average Bonchev–Trinajstić information content (AvgIpc) is 2.96. The van der Waals surface area contributed by atoms with Crippen LogP contribution >= 0.6 is 23.2 Å². The zero-order valence-electron chi connectivity index (χ0n) is 11.5. The van der Waals surface area contributed by atoms with Gasteiger partial charge in [0.2, 0.25) is 0 Å². The van der Waals surface area contributed by atoms with E-state index < -0.39 is 0 Å². The Balaban J connectivity index is 2.30. The molecule has 0 aliphatic carbocycles. The topological polar surface area (TPSA) is 57.0 Å². The van der Waals surface area contributed by atoms with Gasteiger partial charge in [-0.15, -0.1) is 0 Å². The molecule has 0 saturated heterocycles. The van der Waals surface area contributed by atoms with Crippen LogP contribution in [0, 0.1) is 6.92 Å². The molecule has 2 aromatic heterocycles. The van der Waals surface area contributed by atoms with Gasteiger partial charge < -0.3 is 10.2 Å². The molecule has 21 heavy (non-hydrogen) atoms. The molecule has 0 atom stereocenters. The molecule has 2 N–H and O–H groups in total. The molecule has 0 aliphatic rings. The van der Waals surface area contributed by atoms with Crippen LogP contribution in [0.5, 0.6) is 0 Å². The number of nitrogens with two attached hydrogens (primary N) is 1. The standard InChI is InChI=1S/C15H13Cl2N3O/c1-8-10(5-6-21-8)14-13(15(18)20(2)19-14)11-4-3-9(16)7-12(11)17/h3-7H,18H2,1-2H3. The molecule has 6 heteroatoms. The second-order valence-corrected chi connectivity index (χ2v) is 5.59. The Morgan fingerprint density at radius 3 is 2.57 bits per heavy atom. The van der Waals surface area contributed by atoms with Crippen molar-refractivity contribution in [3.05, 3.63) is 46.3 Å². The molecule has 0 radical (unpaired) electrons. The fourth-order valence-electron chi connectivity index (χ4n) is 2.31. The highest BCUT2D eigenvalue weighted by Gasteiger charge is 2.21. The van der Waals surface area contributed by atoms with Crippen LogP contribution in [0.4, 0.5) is 5.82 Å². The molecule has 108 valence electrons. The SMILES string of the molecule is Cc1occc1-c1nn(C)c(N)c1-c1ccc(Cl)cc1Cl. The Bertz CT molecular complexity index is 820. The quantitative estimate of drug-likeness (QED) is 0.753. The van der Waals surface area contributed by atoms with Gasteiger partial charge in [-0.3, -0.25) is 4.68 Å². The average molecular weight is 322 g/mol. The number of aromatic nitrogens is 2. The minimum atomic E-state index is 0.532. The van der Waals surface area contributed by atoms with Gasteiger partial charge in [-0.05, 0) is 25.1 Å². The summed E-state index contributed by atoms with van der Waals surface area (Å²) in [5, 5.41) is 5.60. The van der Waals surface area contributed by atoms with Crippen molar-refractivity contribution in [2.24, 2.45) is 7.05 Å². The second kappa shape index (κ2) is 5.13. The summed E-state index contributed by atoms with van der Waals surface area (Å²) in [5.74, 6) is 1.31. The summed E-state index contributed by atoms with van der Waals surface area (Å²) in [4.78, 5) is 0. The van der Waals surface area contributed by atoms with Gasteiger partial charge in [0.1, 0.15) is 17.3 Å². The summed E-state index contributed by atoms with van der Waals surface area (Å²) in [5.41, 5.74) is 9.38. The molecule has 0 bridgehead atoms. The number of hydrogen-bond donors (Lipinski definition) is 1. The molecule has 0 fully saturated rings. The van der Waals surface area contributed by atoms with E-state index in [4.69, 9.17) is 33.4 Å². The smallest absolute Gasteiger partial charge is 0.129 e. The van der Waals surface area contributed by atoms with Crippen LogP contribution < -0.4 is 5.73 Å². The number of aryl methyl sites for hydroxylation is 2. The lowest BCUT2D eigenvalue weighted by molar-refractivity contribution is 0.535. The van der Waals surface area contributed by atoms with Crippen LogP contribution in [0.25, 0.3) is 22.4 Å². The lowest BCUT2D eigenvalue weighted by Crippen LogP contribution is -1.98. The maximum absolute atomic E-state index is 6.32. The maximum atomic E-state index is 6.32. The molecule has 0 saturated carbocycles. The van der Waals surface area contributed by atoms with Crippen molar-refractivity contribution in [3.63, 3.8) is 0 Å². The monoisotopic (exact) mass is 321 g/mol. The van der Waals surface area contributed by atoms with Crippen LogP contribution in [0.3, 0.4) is 0 Å². The summed E-state index contributed by atoms with van der Waals surface area (Å²) in [6.45, 7) is 1.88. The third kappa shape index (κ3) is 2.30. The van der Waals surface area contributed by atoms with Crippen LogP contribution in [0.15, 0.2) is 34.9 Å². The fourth-order valence-corrected chi connectivity index (χ4v) is 2.82. The normalized spacial score (nSPS) is 11.0. The Labute approximate surface area is 132 Å². The highest BCUT2D eigenvalue weighted by molar-refractivity contribution is 6.36. The van der Waals surface area contributed by atoms with Crippen LogP contribution in [0.2, 0.25) is 10.0 Å². The largest absolute Gasteiger partial charge is 0.469 e. The van der Waals surface area contributed by atoms with Gasteiger partial charge in [0, 0.05) is 23.2 Å². The first kappa shape index (κ1) is 14.0. The minimum Gasteiger partial charge on any atom is -0.469 e. The van der Waals surface area contributed by atoms with Crippen LogP contribution in [0.1, 0.15) is 5.76 Å². The summed E-state index contributed by atoms with van der Waals surface area (Å²) < 4.78 is 6.99. The van der Waals surface area contributed by atoms with Crippen molar-refractivity contribution in [2.45, 2.75) is 6.92 Å². The number of nitrogens with zero attached hydrogens (tertiary/aromatic N) is 2. The number of anilines is 1. The Hall–Kier alpha value is -1.91. The predicted octanol–water partition coefficient (Wildman–Crippen LogP) is 4.54. The van der Waals surface area contributed by atoms with E-state index in [9.17, 15) is 0 Å². The molecule has 2 heterocycles. The Kier molecular flexibility index (Phi) is 3.43. The van der Waals surface area contributed by atoms with E-state index in [1.54, 1.807) is 30.1 Å². The molecule has 0 aliphatic heterocycles. The third-order valence-electron chi connectivity index (χ3n) is 3.41. The lowest BCUT2D eigenvalue weighted by Gasteiger charge is -2.06. The maximum Gasteiger partial charge on any atom is 0.129 e. The van der Waals surface area contributed by atoms with Crippen molar-refractivity contribution < 1.29 is 4.42 Å². The molecular weight excluding hydrogens is 309 g/mol. The summed E-state index contributed by atoms with van der Waals surface area (Å²) in [6.07, 6.45) is 1.63. The first-order valence-electron chi connectivity index (χ1n) is 6.31. The number of rotatable bonds is 2. The first-order valence-corrected chi connectivity index (χ1v) is 7.07. The number of halogens is 2. The molecule has 0 amide bonds. The van der Waals surface area contributed by atoms with Gasteiger partial charge in [-0.25, -0.2) is 0 Å². The van der Waals surface area contributed by atoms with Crippen LogP contribution in [-0.2, 0) is 7.05 Å². The van der Waals surface area contributed by atoms with Crippen molar-refractivity contribution in [1.29, 1.82) is 0 Å². The van der Waals surface area contributed by atoms with Gasteiger partial charge in [-0.1, -0.05) is 29.3 Å². The molecule has 1 aromatic carbocycles. The van der Waals surface area contributed by atoms with Crippen LogP contribution in [-0.4, -0.2) is 9.78 Å². The van der Waals surface area contributed by atoms with E-state index in [0.29, 0.717) is 15.9 Å². The summed E-state index contributed by atoms with van der Waals surface area (Å²) in [7, 11) is 1.79. The highest BCUT2D eigenvalue weighted by atomic mass is 35.5. The number of nitrogen functional groups attached to an aromatic ring is 1. The molecule has 4 nitrogen and oxygen atoms in total. The molecule has 0 unspecified atom stereocenters. The van der Waals surface area contributed by atoms with Crippen molar-refractivity contribution in [1.82, 2.24) is 9.78 Å². The summed E-state index contributed by atoms with van der Waals surface area (Å²) in [6, 6.07) is 7.18. The zero-order valence-corrected chi connectivity index (χ0v) is 13.0. The van der Waals surface area contributed by atoms with Gasteiger partial charge in [0.25, 0.3) is 0 Å². The van der Waals surface area contributed by atoms with Crippen molar-refractivity contribution in [3.8, 4) is 22.4 Å². The predicted molar refractivity (Wildman–Crippen MR) is 85.5 cm³/mol. The Morgan fingerprint density at radius 1 is 1.19 bits per heavy atom. The van der Waals surface area contributed by atoms with E-state index in [-0.39, 0.29) is 0 Å². The molecule has 3 rings (SSSR count). The number of hydrogen-bond acceptors (Lipinski definition) is 3. The van der Waals surface area contributed by atoms with E-state index in [1.165, 1.54) is 0 Å². The van der Waals surface area contributed by atoms with Gasteiger partial charge >= 0.3 is 0 Å². The Morgan fingerprint density at radius 2 is 1.95 bits per heavy atom. The van der Waals surface area contributed by atoms with Crippen molar-refractivity contribution in [2.75, 3.05) is 5.73 Å². The van der Waals surface area contributed by atoms with Gasteiger partial charge in [0.15, 0.2) is 0 Å². The van der Waals surface area contributed by atoms with E-state index >= 15 is 0 Å². The third-order valence-corrected chi connectivity index (χ3v) is 3.95. The molecular formula is C15H13Cl2N3O. The summed E-state index contributed by atoms with van der Waals surface area (Å²) >= 11 is 12.3. The van der Waals surface area contributed by atoms with Crippen molar-refractivity contribution >= 4 is 29.0 Å². The highest BCUT2D eigenvalue weighted by Crippen LogP contribution is 2.41. The number of furan rings is 1. The molecule has 3 aromatic rings. The van der Waals surface area contributed by atoms with Gasteiger partial charge in [-0.2, -0.15) is 5.10 Å². The fraction of sp³-hybridized carbons (Fsp3) is 0.133. The van der Waals surface area contributed by atoms with E-state index in [1.807, 2.05) is 19.1 Å². The second-order valence-electron chi connectivity index (χ2n) is 4.75. The van der Waals surface area contributed by atoms with E-state index in [0.717, 1.165) is 28.1 Å². The first-order chi connectivity index (χ1) is 9.99. The molecule has 0 spiro atoms. The van der Waals surface area contributed by atoms with Gasteiger partial charge in [0.05, 0.1) is 16.8 Å². The zero-order chi connectivity index (χ0) is 15.1. The minimum absolute atomic E-state index is 0.532. The lowest BCUT2D eigenvalue weighted by atomic mass is 10.0.